The standard InChI is InChI=1S/C16H25N5O2/c1-10-5-14(19(4)18-10)8-20-9-15-6-13(17-12(3)22)7-21(15)16(23)11(20)2/h5,11,13,15H,6-9H2,1-4H3,(H,17,22)/t11-,13-,15-/m0/s1. The Bertz CT molecular complexity index is 626. The van der Waals surface area contributed by atoms with Gasteiger partial charge in [0.05, 0.1) is 17.4 Å². The Morgan fingerprint density at radius 3 is 2.78 bits per heavy atom. The average molecular weight is 319 g/mol. The van der Waals surface area contributed by atoms with Crippen molar-refractivity contribution in [1.29, 1.82) is 0 Å². The SMILES string of the molecule is CC(=O)N[C@H]1C[C@H]2CN(Cc3cc(C)nn3C)[C@@H](C)C(=O)N2C1. The van der Waals surface area contributed by atoms with E-state index in [1.54, 1.807) is 0 Å². The van der Waals surface area contributed by atoms with Gasteiger partial charge in [0.1, 0.15) is 0 Å². The number of hydrogen-bond donors (Lipinski definition) is 1. The third-order valence-electron chi connectivity index (χ3n) is 4.92. The van der Waals surface area contributed by atoms with Gasteiger partial charge in [-0.3, -0.25) is 19.2 Å². The van der Waals surface area contributed by atoms with Crippen LogP contribution in [0.2, 0.25) is 0 Å². The molecule has 7 nitrogen and oxygen atoms in total. The fraction of sp³-hybridized carbons (Fsp3) is 0.688. The first-order chi connectivity index (χ1) is 10.8. The summed E-state index contributed by atoms with van der Waals surface area (Å²) in [7, 11) is 1.94. The van der Waals surface area contributed by atoms with Crippen LogP contribution >= 0.6 is 0 Å². The van der Waals surface area contributed by atoms with Crippen molar-refractivity contribution in [2.75, 3.05) is 13.1 Å². The molecule has 23 heavy (non-hydrogen) atoms. The van der Waals surface area contributed by atoms with Crippen molar-refractivity contribution in [3.05, 3.63) is 17.5 Å². The van der Waals surface area contributed by atoms with Gasteiger partial charge in [0.25, 0.3) is 0 Å². The molecule has 1 aromatic heterocycles. The van der Waals surface area contributed by atoms with Crippen LogP contribution in [0, 0.1) is 6.92 Å². The summed E-state index contributed by atoms with van der Waals surface area (Å²) >= 11 is 0. The highest BCUT2D eigenvalue weighted by molar-refractivity contribution is 5.83. The van der Waals surface area contributed by atoms with Crippen LogP contribution in [0.1, 0.15) is 31.7 Å². The van der Waals surface area contributed by atoms with Crippen LogP contribution in [-0.2, 0) is 23.2 Å². The van der Waals surface area contributed by atoms with Crippen LogP contribution in [0.4, 0.5) is 0 Å². The summed E-state index contributed by atoms with van der Waals surface area (Å²) in [4.78, 5) is 28.1. The van der Waals surface area contributed by atoms with Gasteiger partial charge in [-0.05, 0) is 26.3 Å². The highest BCUT2D eigenvalue weighted by Gasteiger charge is 2.43. The van der Waals surface area contributed by atoms with E-state index in [0.717, 1.165) is 30.9 Å². The van der Waals surface area contributed by atoms with Gasteiger partial charge in [0.2, 0.25) is 11.8 Å². The molecule has 0 spiro atoms. The lowest BCUT2D eigenvalue weighted by Crippen LogP contribution is -2.58. The predicted octanol–water partition coefficient (Wildman–Crippen LogP) is 0.0382. The largest absolute Gasteiger partial charge is 0.352 e. The molecule has 2 saturated heterocycles. The van der Waals surface area contributed by atoms with Gasteiger partial charge in [-0.1, -0.05) is 0 Å². The lowest BCUT2D eigenvalue weighted by Gasteiger charge is -2.41. The molecule has 0 radical (unpaired) electrons. The molecule has 3 rings (SSSR count). The number of rotatable bonds is 3. The van der Waals surface area contributed by atoms with Crippen molar-refractivity contribution in [2.24, 2.45) is 7.05 Å². The Balaban J connectivity index is 1.71. The van der Waals surface area contributed by atoms with Crippen molar-refractivity contribution in [3.8, 4) is 0 Å². The summed E-state index contributed by atoms with van der Waals surface area (Å²) < 4.78 is 1.88. The molecule has 2 aliphatic rings. The van der Waals surface area contributed by atoms with Crippen LogP contribution in [0.3, 0.4) is 0 Å². The van der Waals surface area contributed by atoms with E-state index in [-0.39, 0.29) is 29.9 Å². The number of fused-ring (bicyclic) bond motifs is 1. The molecule has 0 aliphatic carbocycles. The summed E-state index contributed by atoms with van der Waals surface area (Å²) in [6.45, 7) is 7.66. The Morgan fingerprint density at radius 1 is 1.43 bits per heavy atom. The molecule has 1 N–H and O–H groups in total. The second-order valence-corrected chi connectivity index (χ2v) is 6.78. The van der Waals surface area contributed by atoms with Crippen molar-refractivity contribution in [3.63, 3.8) is 0 Å². The highest BCUT2D eigenvalue weighted by atomic mass is 16.2. The first-order valence-electron chi connectivity index (χ1n) is 8.16. The molecule has 2 aliphatic heterocycles. The number of aromatic nitrogens is 2. The summed E-state index contributed by atoms with van der Waals surface area (Å²) in [6, 6.07) is 2.19. The van der Waals surface area contributed by atoms with Gasteiger partial charge in [-0.25, -0.2) is 0 Å². The fourth-order valence-corrected chi connectivity index (χ4v) is 3.80. The van der Waals surface area contributed by atoms with E-state index in [1.165, 1.54) is 6.92 Å². The molecule has 2 fully saturated rings. The Morgan fingerprint density at radius 2 is 2.17 bits per heavy atom. The van der Waals surface area contributed by atoms with Crippen molar-refractivity contribution < 1.29 is 9.59 Å². The maximum Gasteiger partial charge on any atom is 0.240 e. The molecule has 7 heteroatoms. The monoisotopic (exact) mass is 319 g/mol. The Hall–Kier alpha value is -1.89. The van der Waals surface area contributed by atoms with E-state index in [2.05, 4.69) is 21.4 Å². The second-order valence-electron chi connectivity index (χ2n) is 6.78. The van der Waals surface area contributed by atoms with Crippen molar-refractivity contribution in [2.45, 2.75) is 51.9 Å². The maximum atomic E-state index is 12.7. The predicted molar refractivity (Wildman–Crippen MR) is 85.5 cm³/mol. The number of carbonyl (C=O) groups excluding carboxylic acids is 2. The van der Waals surface area contributed by atoms with E-state index >= 15 is 0 Å². The third-order valence-corrected chi connectivity index (χ3v) is 4.92. The van der Waals surface area contributed by atoms with Crippen LogP contribution in [0.15, 0.2) is 6.07 Å². The van der Waals surface area contributed by atoms with Gasteiger partial charge in [0, 0.05) is 45.7 Å². The zero-order valence-corrected chi connectivity index (χ0v) is 14.2. The lowest BCUT2D eigenvalue weighted by molar-refractivity contribution is -0.143. The van der Waals surface area contributed by atoms with Crippen LogP contribution < -0.4 is 5.32 Å². The molecule has 0 aromatic carbocycles. The number of nitrogens with one attached hydrogen (secondary N) is 1. The molecule has 0 saturated carbocycles. The van der Waals surface area contributed by atoms with E-state index in [9.17, 15) is 9.59 Å². The minimum atomic E-state index is -0.141. The fourth-order valence-electron chi connectivity index (χ4n) is 3.80. The minimum absolute atomic E-state index is 0.0300. The highest BCUT2D eigenvalue weighted by Crippen LogP contribution is 2.27. The topological polar surface area (TPSA) is 70.5 Å². The lowest BCUT2D eigenvalue weighted by atomic mass is 10.1. The first-order valence-corrected chi connectivity index (χ1v) is 8.16. The summed E-state index contributed by atoms with van der Waals surface area (Å²) in [5, 5.41) is 7.32. The molecular weight excluding hydrogens is 294 g/mol. The average Bonchev–Trinajstić information content (AvgIpc) is 2.98. The van der Waals surface area contributed by atoms with Gasteiger partial charge >= 0.3 is 0 Å². The quantitative estimate of drug-likeness (QED) is 0.854. The number of carbonyl (C=O) groups is 2. The van der Waals surface area contributed by atoms with Crippen LogP contribution in [0.5, 0.6) is 0 Å². The Labute approximate surface area is 136 Å². The van der Waals surface area contributed by atoms with E-state index in [4.69, 9.17) is 0 Å². The molecule has 126 valence electrons. The summed E-state index contributed by atoms with van der Waals surface area (Å²) in [5.41, 5.74) is 2.11. The zero-order chi connectivity index (χ0) is 16.7. The number of hydrogen-bond acceptors (Lipinski definition) is 4. The normalized spacial score (nSPS) is 28.1. The first kappa shape index (κ1) is 16.0. The third kappa shape index (κ3) is 3.10. The summed E-state index contributed by atoms with van der Waals surface area (Å²) in [6.07, 6.45) is 0.832. The number of aryl methyl sites for hydroxylation is 2. The van der Waals surface area contributed by atoms with Gasteiger partial charge in [-0.15, -0.1) is 0 Å². The van der Waals surface area contributed by atoms with Crippen LogP contribution in [0.25, 0.3) is 0 Å². The molecule has 3 atom stereocenters. The van der Waals surface area contributed by atoms with Crippen molar-refractivity contribution >= 4 is 11.8 Å². The van der Waals surface area contributed by atoms with Gasteiger partial charge in [0.15, 0.2) is 0 Å². The number of piperazine rings is 1. The number of amides is 2. The van der Waals surface area contributed by atoms with Crippen LogP contribution in [-0.4, -0.2) is 62.6 Å². The molecule has 1 aromatic rings. The van der Waals surface area contributed by atoms with Gasteiger partial charge in [-0.2, -0.15) is 5.10 Å². The maximum absolute atomic E-state index is 12.7. The van der Waals surface area contributed by atoms with E-state index in [0.29, 0.717) is 6.54 Å². The second kappa shape index (κ2) is 5.96. The molecule has 3 heterocycles. The number of nitrogens with zero attached hydrogens (tertiary/aromatic N) is 4. The molecule has 2 amide bonds. The zero-order valence-electron chi connectivity index (χ0n) is 14.2. The van der Waals surface area contributed by atoms with Crippen molar-refractivity contribution in [1.82, 2.24) is 24.9 Å². The minimum Gasteiger partial charge on any atom is -0.352 e. The van der Waals surface area contributed by atoms with E-state index in [1.807, 2.05) is 30.5 Å². The van der Waals surface area contributed by atoms with E-state index < -0.39 is 0 Å². The Kier molecular flexibility index (Phi) is 4.14. The van der Waals surface area contributed by atoms with Gasteiger partial charge < -0.3 is 10.2 Å². The summed E-state index contributed by atoms with van der Waals surface area (Å²) in [5.74, 6) is 0.130. The molecule has 0 unspecified atom stereocenters. The smallest absolute Gasteiger partial charge is 0.240 e. The molecule has 0 bridgehead atoms. The molecular formula is C16H25N5O2.